The first-order chi connectivity index (χ1) is 8.65. The Kier molecular flexibility index (Phi) is 3.83. The Morgan fingerprint density at radius 1 is 1.44 bits per heavy atom. The zero-order chi connectivity index (χ0) is 13.0. The van der Waals surface area contributed by atoms with Crippen molar-refractivity contribution in [3.63, 3.8) is 0 Å². The van der Waals surface area contributed by atoms with Crippen LogP contribution in [0.5, 0.6) is 0 Å². The molecule has 2 rings (SSSR count). The molecule has 6 nitrogen and oxygen atoms in total. The number of anilines is 1. The monoisotopic (exact) mass is 263 g/mol. The van der Waals surface area contributed by atoms with Crippen molar-refractivity contribution in [3.8, 4) is 0 Å². The smallest absolute Gasteiger partial charge is 0.321 e. The number of rotatable bonds is 3. The minimum absolute atomic E-state index is 0.118. The summed E-state index contributed by atoms with van der Waals surface area (Å²) >= 11 is 1.33. The number of urea groups is 1. The Balaban J connectivity index is 1.92. The maximum absolute atomic E-state index is 11.7. The molecule has 0 radical (unpaired) electrons. The number of amides is 2. The van der Waals surface area contributed by atoms with Crippen LogP contribution in [0.2, 0.25) is 0 Å². The molecule has 0 saturated heterocycles. The Bertz CT molecular complexity index is 527. The molecule has 1 atom stereocenters. The van der Waals surface area contributed by atoms with Crippen molar-refractivity contribution in [1.29, 1.82) is 0 Å². The number of aryl methyl sites for hydroxylation is 1. The van der Waals surface area contributed by atoms with Gasteiger partial charge < -0.3 is 5.32 Å². The second-order valence-electron chi connectivity index (χ2n) is 3.73. The highest BCUT2D eigenvalue weighted by molar-refractivity contribution is 7.15. The molecular weight excluding hydrogens is 250 g/mol. The molecule has 18 heavy (non-hydrogen) atoms. The lowest BCUT2D eigenvalue weighted by molar-refractivity contribution is 0.249. The molecule has 0 aliphatic heterocycles. The van der Waals surface area contributed by atoms with E-state index in [1.165, 1.54) is 11.3 Å². The van der Waals surface area contributed by atoms with Gasteiger partial charge in [0.15, 0.2) is 0 Å². The zero-order valence-electron chi connectivity index (χ0n) is 10.0. The minimum Gasteiger partial charge on any atom is -0.331 e. The molecule has 2 N–H and O–H groups in total. The van der Waals surface area contributed by atoms with Crippen LogP contribution in [-0.2, 0) is 0 Å². The number of carbonyl (C=O) groups is 1. The van der Waals surface area contributed by atoms with E-state index in [0.717, 1.165) is 10.6 Å². The third kappa shape index (κ3) is 3.24. The molecule has 7 heteroatoms. The van der Waals surface area contributed by atoms with Gasteiger partial charge in [-0.05, 0) is 25.5 Å². The van der Waals surface area contributed by atoms with E-state index in [1.807, 2.05) is 26.0 Å². The zero-order valence-corrected chi connectivity index (χ0v) is 10.9. The summed E-state index contributed by atoms with van der Waals surface area (Å²) in [5.74, 6) is 0. The lowest BCUT2D eigenvalue weighted by atomic mass is 10.1. The van der Waals surface area contributed by atoms with Crippen molar-refractivity contribution in [2.45, 2.75) is 19.9 Å². The average molecular weight is 263 g/mol. The first-order valence-electron chi connectivity index (χ1n) is 5.42. The van der Waals surface area contributed by atoms with Crippen LogP contribution in [0.25, 0.3) is 0 Å². The summed E-state index contributed by atoms with van der Waals surface area (Å²) in [5, 5.41) is 14.4. The van der Waals surface area contributed by atoms with Crippen LogP contribution < -0.4 is 10.6 Å². The number of nitrogens with zero attached hydrogens (tertiary/aromatic N) is 3. The van der Waals surface area contributed by atoms with E-state index in [2.05, 4.69) is 25.8 Å². The van der Waals surface area contributed by atoms with Crippen molar-refractivity contribution in [2.75, 3.05) is 5.32 Å². The SMILES string of the molecule is Cc1nnc(NC(=O)N[C@H](C)c2cccnc2)s1. The highest BCUT2D eigenvalue weighted by Crippen LogP contribution is 2.14. The van der Waals surface area contributed by atoms with E-state index in [-0.39, 0.29) is 12.1 Å². The van der Waals surface area contributed by atoms with Crippen LogP contribution in [-0.4, -0.2) is 21.2 Å². The number of nitrogens with one attached hydrogen (secondary N) is 2. The second kappa shape index (κ2) is 5.54. The van der Waals surface area contributed by atoms with E-state index >= 15 is 0 Å². The molecule has 0 aliphatic carbocycles. The topological polar surface area (TPSA) is 79.8 Å². The summed E-state index contributed by atoms with van der Waals surface area (Å²) < 4.78 is 0. The van der Waals surface area contributed by atoms with Crippen LogP contribution in [0.15, 0.2) is 24.5 Å². The van der Waals surface area contributed by atoms with E-state index in [9.17, 15) is 4.79 Å². The third-order valence-corrected chi connectivity index (χ3v) is 3.03. The minimum atomic E-state index is -0.303. The summed E-state index contributed by atoms with van der Waals surface area (Å²) in [6.45, 7) is 3.72. The first-order valence-corrected chi connectivity index (χ1v) is 6.24. The van der Waals surface area contributed by atoms with Crippen molar-refractivity contribution < 1.29 is 4.79 Å². The molecule has 2 amide bonds. The molecule has 0 unspecified atom stereocenters. The Morgan fingerprint density at radius 2 is 2.28 bits per heavy atom. The number of carbonyl (C=O) groups excluding carboxylic acids is 1. The number of hydrogen-bond donors (Lipinski definition) is 2. The summed E-state index contributed by atoms with van der Waals surface area (Å²) in [7, 11) is 0. The molecule has 0 bridgehead atoms. The van der Waals surface area contributed by atoms with E-state index < -0.39 is 0 Å². The summed E-state index contributed by atoms with van der Waals surface area (Å²) in [4.78, 5) is 15.7. The van der Waals surface area contributed by atoms with Gasteiger partial charge in [0, 0.05) is 12.4 Å². The van der Waals surface area contributed by atoms with Gasteiger partial charge in [-0.25, -0.2) is 4.79 Å². The van der Waals surface area contributed by atoms with Crippen LogP contribution in [0.1, 0.15) is 23.5 Å². The maximum atomic E-state index is 11.7. The fourth-order valence-electron chi connectivity index (χ4n) is 1.39. The highest BCUT2D eigenvalue weighted by Gasteiger charge is 2.11. The summed E-state index contributed by atoms with van der Waals surface area (Å²) in [6.07, 6.45) is 3.42. The molecule has 2 aromatic heterocycles. The van der Waals surface area contributed by atoms with Crippen molar-refractivity contribution in [1.82, 2.24) is 20.5 Å². The predicted molar refractivity (Wildman–Crippen MR) is 69.5 cm³/mol. The van der Waals surface area contributed by atoms with Gasteiger partial charge >= 0.3 is 6.03 Å². The quantitative estimate of drug-likeness (QED) is 0.889. The Hall–Kier alpha value is -2.02. The van der Waals surface area contributed by atoms with Gasteiger partial charge in [-0.1, -0.05) is 17.4 Å². The molecule has 2 aromatic rings. The molecule has 0 saturated carbocycles. The van der Waals surface area contributed by atoms with Crippen LogP contribution in [0.4, 0.5) is 9.93 Å². The van der Waals surface area contributed by atoms with Gasteiger partial charge in [0.2, 0.25) is 5.13 Å². The molecule has 0 spiro atoms. The molecule has 94 valence electrons. The van der Waals surface area contributed by atoms with Crippen LogP contribution in [0, 0.1) is 6.92 Å². The molecule has 2 heterocycles. The predicted octanol–water partition coefficient (Wildman–Crippen LogP) is 2.12. The lowest BCUT2D eigenvalue weighted by Crippen LogP contribution is -2.31. The van der Waals surface area contributed by atoms with Gasteiger partial charge in [-0.2, -0.15) is 0 Å². The van der Waals surface area contributed by atoms with Gasteiger partial charge in [-0.15, -0.1) is 10.2 Å². The van der Waals surface area contributed by atoms with E-state index in [1.54, 1.807) is 12.4 Å². The van der Waals surface area contributed by atoms with Crippen LogP contribution >= 0.6 is 11.3 Å². The normalized spacial score (nSPS) is 11.9. The standard InChI is InChI=1S/C11H13N5OS/c1-7(9-4-3-5-12-6-9)13-10(17)14-11-16-15-8(2)18-11/h3-7H,1-2H3,(H2,13,14,16,17)/t7-/m1/s1. The molecule has 0 fully saturated rings. The van der Waals surface area contributed by atoms with Gasteiger partial charge in [0.25, 0.3) is 0 Å². The van der Waals surface area contributed by atoms with Crippen LogP contribution in [0.3, 0.4) is 0 Å². The van der Waals surface area contributed by atoms with Crippen molar-refractivity contribution in [3.05, 3.63) is 35.1 Å². The largest absolute Gasteiger partial charge is 0.331 e. The average Bonchev–Trinajstić information content (AvgIpc) is 2.75. The molecule has 0 aliphatic rings. The van der Waals surface area contributed by atoms with E-state index in [0.29, 0.717) is 5.13 Å². The number of pyridine rings is 1. The molecular formula is C11H13N5OS. The first kappa shape index (κ1) is 12.4. The fourth-order valence-corrected chi connectivity index (χ4v) is 1.98. The Labute approximate surface area is 108 Å². The third-order valence-electron chi connectivity index (χ3n) is 2.28. The van der Waals surface area contributed by atoms with Crippen molar-refractivity contribution in [2.24, 2.45) is 0 Å². The number of aromatic nitrogens is 3. The van der Waals surface area contributed by atoms with Crippen molar-refractivity contribution >= 4 is 22.5 Å². The highest BCUT2D eigenvalue weighted by atomic mass is 32.1. The maximum Gasteiger partial charge on any atom is 0.321 e. The van der Waals surface area contributed by atoms with E-state index in [4.69, 9.17) is 0 Å². The number of hydrogen-bond acceptors (Lipinski definition) is 5. The molecule has 0 aromatic carbocycles. The lowest BCUT2D eigenvalue weighted by Gasteiger charge is -2.13. The van der Waals surface area contributed by atoms with Gasteiger partial charge in [-0.3, -0.25) is 10.3 Å². The Morgan fingerprint density at radius 3 is 2.89 bits per heavy atom. The second-order valence-corrected chi connectivity index (χ2v) is 4.91. The fraction of sp³-hybridized carbons (Fsp3) is 0.273. The summed E-state index contributed by atoms with van der Waals surface area (Å²) in [6, 6.07) is 3.32. The van der Waals surface area contributed by atoms with Gasteiger partial charge in [0.05, 0.1) is 6.04 Å². The van der Waals surface area contributed by atoms with Gasteiger partial charge in [0.1, 0.15) is 5.01 Å². The summed E-state index contributed by atoms with van der Waals surface area (Å²) in [5.41, 5.74) is 0.945.